The number of hydrogen-bond donors (Lipinski definition) is 2. The summed E-state index contributed by atoms with van der Waals surface area (Å²) in [5.74, 6) is 0.891. The van der Waals surface area contributed by atoms with Gasteiger partial charge in [0.25, 0.3) is 0 Å². The zero-order chi connectivity index (χ0) is 11.7. The summed E-state index contributed by atoms with van der Waals surface area (Å²) in [6, 6.07) is 8.87. The van der Waals surface area contributed by atoms with E-state index in [1.54, 1.807) is 6.33 Å². The van der Waals surface area contributed by atoms with Gasteiger partial charge < -0.3 is 15.2 Å². The summed E-state index contributed by atoms with van der Waals surface area (Å²) in [5, 5.41) is 14.7. The minimum absolute atomic E-state index is 0.565. The van der Waals surface area contributed by atoms with Crippen molar-refractivity contribution in [2.75, 3.05) is 18.4 Å². The second-order valence-electron chi connectivity index (χ2n) is 4.34. The zero-order valence-electron chi connectivity index (χ0n) is 9.72. The molecule has 5 nitrogen and oxygen atoms in total. The van der Waals surface area contributed by atoms with E-state index in [9.17, 15) is 0 Å². The summed E-state index contributed by atoms with van der Waals surface area (Å²) in [7, 11) is 1.95. The molecule has 1 aliphatic heterocycles. The van der Waals surface area contributed by atoms with Crippen LogP contribution in [0.25, 0.3) is 11.4 Å². The van der Waals surface area contributed by atoms with Gasteiger partial charge in [-0.25, -0.2) is 0 Å². The van der Waals surface area contributed by atoms with Crippen molar-refractivity contribution < 1.29 is 0 Å². The first-order valence-electron chi connectivity index (χ1n) is 5.74. The van der Waals surface area contributed by atoms with Crippen LogP contribution in [0, 0.1) is 0 Å². The molecule has 0 radical (unpaired) electrons. The first-order chi connectivity index (χ1) is 8.33. The van der Waals surface area contributed by atoms with Crippen molar-refractivity contribution in [2.45, 2.75) is 6.04 Å². The van der Waals surface area contributed by atoms with Crippen molar-refractivity contribution in [1.82, 2.24) is 20.1 Å². The molecule has 5 heteroatoms. The van der Waals surface area contributed by atoms with Crippen LogP contribution >= 0.6 is 0 Å². The van der Waals surface area contributed by atoms with Gasteiger partial charge in [-0.2, -0.15) is 0 Å². The van der Waals surface area contributed by atoms with E-state index in [1.807, 2.05) is 11.6 Å². The van der Waals surface area contributed by atoms with Gasteiger partial charge in [-0.3, -0.25) is 0 Å². The molecule has 0 amide bonds. The Kier molecular flexibility index (Phi) is 2.53. The molecule has 88 valence electrons. The normalized spacial score (nSPS) is 15.6. The van der Waals surface area contributed by atoms with Crippen molar-refractivity contribution in [3.8, 4) is 11.4 Å². The number of benzene rings is 1. The zero-order valence-corrected chi connectivity index (χ0v) is 9.72. The van der Waals surface area contributed by atoms with Gasteiger partial charge in [-0.15, -0.1) is 10.2 Å². The smallest absolute Gasteiger partial charge is 0.163 e. The van der Waals surface area contributed by atoms with E-state index in [0.29, 0.717) is 6.04 Å². The first-order valence-corrected chi connectivity index (χ1v) is 5.74. The van der Waals surface area contributed by atoms with Gasteiger partial charge in [0.1, 0.15) is 6.33 Å². The molecule has 1 aliphatic rings. The van der Waals surface area contributed by atoms with Gasteiger partial charge in [0, 0.05) is 31.4 Å². The molecule has 0 bridgehead atoms. The summed E-state index contributed by atoms with van der Waals surface area (Å²) in [5.41, 5.74) is 2.24. The van der Waals surface area contributed by atoms with Crippen LogP contribution in [0.5, 0.6) is 0 Å². The topological polar surface area (TPSA) is 54.8 Å². The summed E-state index contributed by atoms with van der Waals surface area (Å²) in [6.45, 7) is 2.09. The quantitative estimate of drug-likeness (QED) is 0.820. The number of nitrogens with zero attached hydrogens (tertiary/aromatic N) is 3. The van der Waals surface area contributed by atoms with Crippen LogP contribution in [0.3, 0.4) is 0 Å². The lowest BCUT2D eigenvalue weighted by molar-refractivity contribution is 0.472. The highest BCUT2D eigenvalue weighted by atomic mass is 15.2. The Morgan fingerprint density at radius 1 is 1.29 bits per heavy atom. The fraction of sp³-hybridized carbons (Fsp3) is 0.333. The number of nitrogens with one attached hydrogen (secondary N) is 2. The highest BCUT2D eigenvalue weighted by Gasteiger charge is 2.15. The average Bonchev–Trinajstić information content (AvgIpc) is 2.71. The van der Waals surface area contributed by atoms with Gasteiger partial charge in [0.05, 0.1) is 6.04 Å². The van der Waals surface area contributed by atoms with Crippen molar-refractivity contribution in [2.24, 2.45) is 7.05 Å². The minimum Gasteiger partial charge on any atom is -0.380 e. The molecule has 0 spiro atoms. The molecule has 2 N–H and O–H groups in total. The third kappa shape index (κ3) is 2.01. The van der Waals surface area contributed by atoms with Gasteiger partial charge in [-0.1, -0.05) is 0 Å². The van der Waals surface area contributed by atoms with Gasteiger partial charge >= 0.3 is 0 Å². The highest BCUT2D eigenvalue weighted by molar-refractivity contribution is 5.60. The minimum atomic E-state index is 0.565. The molecule has 1 aromatic heterocycles. The van der Waals surface area contributed by atoms with E-state index in [-0.39, 0.29) is 0 Å². The number of anilines is 1. The number of aromatic nitrogens is 3. The number of rotatable bonds is 3. The van der Waals surface area contributed by atoms with E-state index < -0.39 is 0 Å². The lowest BCUT2D eigenvalue weighted by Gasteiger charge is -2.29. The van der Waals surface area contributed by atoms with Crippen molar-refractivity contribution in [3.63, 3.8) is 0 Å². The van der Waals surface area contributed by atoms with Crippen LogP contribution in [0.2, 0.25) is 0 Å². The molecular weight excluding hydrogens is 214 g/mol. The van der Waals surface area contributed by atoms with Crippen LogP contribution in [0.1, 0.15) is 0 Å². The first kappa shape index (κ1) is 10.3. The van der Waals surface area contributed by atoms with Crippen LogP contribution in [0.4, 0.5) is 5.69 Å². The molecule has 1 fully saturated rings. The van der Waals surface area contributed by atoms with Crippen LogP contribution in [-0.4, -0.2) is 33.9 Å². The fourth-order valence-corrected chi connectivity index (χ4v) is 1.89. The third-order valence-electron chi connectivity index (χ3n) is 3.01. The van der Waals surface area contributed by atoms with Crippen LogP contribution < -0.4 is 10.6 Å². The Hall–Kier alpha value is -1.88. The monoisotopic (exact) mass is 229 g/mol. The maximum Gasteiger partial charge on any atom is 0.163 e. The maximum absolute atomic E-state index is 4.09. The molecule has 2 heterocycles. The molecule has 0 saturated carbocycles. The van der Waals surface area contributed by atoms with Gasteiger partial charge in [-0.05, 0) is 24.3 Å². The summed E-state index contributed by atoms with van der Waals surface area (Å²) >= 11 is 0. The Morgan fingerprint density at radius 3 is 2.59 bits per heavy atom. The standard InChI is InChI=1S/C12H15N5/c1-17-8-14-16-12(17)9-2-4-10(5-3-9)15-11-6-13-7-11/h2-5,8,11,13,15H,6-7H2,1H3. The fourth-order valence-electron chi connectivity index (χ4n) is 1.89. The van der Waals surface area contributed by atoms with Crippen molar-refractivity contribution in [3.05, 3.63) is 30.6 Å². The SMILES string of the molecule is Cn1cnnc1-c1ccc(NC2CNC2)cc1. The summed E-state index contributed by atoms with van der Waals surface area (Å²) in [4.78, 5) is 0. The molecule has 1 saturated heterocycles. The summed E-state index contributed by atoms with van der Waals surface area (Å²) < 4.78 is 1.91. The predicted octanol–water partition coefficient (Wildman–Crippen LogP) is 0.866. The molecule has 1 aromatic carbocycles. The van der Waals surface area contributed by atoms with E-state index in [1.165, 1.54) is 0 Å². The van der Waals surface area contributed by atoms with Crippen LogP contribution in [0.15, 0.2) is 30.6 Å². The maximum atomic E-state index is 4.09. The Balaban J connectivity index is 1.77. The second-order valence-corrected chi connectivity index (χ2v) is 4.34. The molecule has 17 heavy (non-hydrogen) atoms. The number of aryl methyl sites for hydroxylation is 1. The van der Waals surface area contributed by atoms with Crippen molar-refractivity contribution >= 4 is 5.69 Å². The van der Waals surface area contributed by atoms with Gasteiger partial charge in [0.15, 0.2) is 5.82 Å². The predicted molar refractivity (Wildman–Crippen MR) is 66.7 cm³/mol. The molecule has 0 unspecified atom stereocenters. The van der Waals surface area contributed by atoms with Gasteiger partial charge in [0.2, 0.25) is 0 Å². The average molecular weight is 229 g/mol. The lowest BCUT2D eigenvalue weighted by atomic mass is 10.1. The van der Waals surface area contributed by atoms with E-state index in [2.05, 4.69) is 45.1 Å². The Bertz CT molecular complexity index is 498. The van der Waals surface area contributed by atoms with Crippen LogP contribution in [-0.2, 0) is 7.05 Å². The molecule has 3 rings (SSSR count). The lowest BCUT2D eigenvalue weighted by Crippen LogP contribution is -2.51. The number of hydrogen-bond acceptors (Lipinski definition) is 4. The second kappa shape index (κ2) is 4.18. The molecular formula is C12H15N5. The van der Waals surface area contributed by atoms with E-state index in [4.69, 9.17) is 0 Å². The van der Waals surface area contributed by atoms with E-state index >= 15 is 0 Å². The third-order valence-corrected chi connectivity index (χ3v) is 3.01. The Morgan fingerprint density at radius 2 is 2.06 bits per heavy atom. The molecule has 0 atom stereocenters. The molecule has 0 aliphatic carbocycles. The van der Waals surface area contributed by atoms with E-state index in [0.717, 1.165) is 30.2 Å². The van der Waals surface area contributed by atoms with Crippen molar-refractivity contribution in [1.29, 1.82) is 0 Å². The highest BCUT2D eigenvalue weighted by Crippen LogP contribution is 2.19. The summed E-state index contributed by atoms with van der Waals surface area (Å²) in [6.07, 6.45) is 1.71. The molecule has 2 aromatic rings. The Labute approximate surface area is 99.9 Å². The largest absolute Gasteiger partial charge is 0.380 e.